The van der Waals surface area contributed by atoms with Gasteiger partial charge in [-0.25, -0.2) is 12.7 Å². The van der Waals surface area contributed by atoms with Gasteiger partial charge < -0.3 is 14.4 Å². The minimum absolute atomic E-state index is 0.0119. The summed E-state index contributed by atoms with van der Waals surface area (Å²) in [6.45, 7) is -0.369. The number of carbonyl (C=O) groups excluding carboxylic acids is 1. The Bertz CT molecular complexity index is 905. The molecular weight excluding hydrogens is 575 g/mol. The lowest BCUT2D eigenvalue weighted by Gasteiger charge is -2.39. The van der Waals surface area contributed by atoms with E-state index in [-0.39, 0.29) is 30.4 Å². The minimum atomic E-state index is -8.05. The molecule has 0 radical (unpaired) electrons. The SMILES string of the molecule is CN(CCC[N+](C)(C)CCC(=O)[O-])S(=O)(=O)CCC(F)(F)C(F)(F)C(F)(F)C(F)(F)C(F)(F)C(F)(F)F. The van der Waals surface area contributed by atoms with E-state index in [1.165, 1.54) is 14.1 Å². The molecule has 20 heteroatoms. The monoisotopic (exact) mass is 598 g/mol. The van der Waals surface area contributed by atoms with Crippen LogP contribution < -0.4 is 5.11 Å². The predicted molar refractivity (Wildman–Crippen MR) is 97.9 cm³/mol. The highest BCUT2D eigenvalue weighted by atomic mass is 32.2. The number of halogens is 13. The smallest absolute Gasteiger partial charge is 0.460 e. The molecule has 0 aromatic carbocycles. The topological polar surface area (TPSA) is 77.5 Å². The molecule has 0 heterocycles. The third-order valence-electron chi connectivity index (χ3n) is 5.30. The molecule has 0 fully saturated rings. The highest BCUT2D eigenvalue weighted by Crippen LogP contribution is 2.60. The first-order valence-electron chi connectivity index (χ1n) is 9.92. The van der Waals surface area contributed by atoms with E-state index < -0.39 is 70.5 Å². The number of rotatable bonds is 15. The van der Waals surface area contributed by atoms with Gasteiger partial charge in [0.05, 0.1) is 32.9 Å². The number of nitrogens with zero attached hydrogens (tertiary/aromatic N) is 2. The van der Waals surface area contributed by atoms with E-state index in [0.29, 0.717) is 4.31 Å². The molecule has 222 valence electrons. The van der Waals surface area contributed by atoms with Crippen LogP contribution >= 0.6 is 0 Å². The molecule has 6 nitrogen and oxygen atoms in total. The van der Waals surface area contributed by atoms with Crippen LogP contribution in [0, 0.1) is 0 Å². The second-order valence-electron chi connectivity index (χ2n) is 8.75. The largest absolute Gasteiger partial charge is 0.550 e. The van der Waals surface area contributed by atoms with Crippen molar-refractivity contribution in [3.05, 3.63) is 0 Å². The molecule has 37 heavy (non-hydrogen) atoms. The summed E-state index contributed by atoms with van der Waals surface area (Å²) in [6.07, 6.45) is -10.8. The van der Waals surface area contributed by atoms with Crippen LogP contribution in [0.15, 0.2) is 0 Å². The van der Waals surface area contributed by atoms with Gasteiger partial charge in [0.1, 0.15) is 0 Å². The third-order valence-corrected chi connectivity index (χ3v) is 7.16. The van der Waals surface area contributed by atoms with Gasteiger partial charge in [-0.3, -0.25) is 0 Å². The summed E-state index contributed by atoms with van der Waals surface area (Å²) < 4.78 is 195. The average Bonchev–Trinajstić information content (AvgIpc) is 2.69. The zero-order valence-electron chi connectivity index (χ0n) is 19.3. The van der Waals surface area contributed by atoms with E-state index in [1.54, 1.807) is 0 Å². The Morgan fingerprint density at radius 3 is 1.62 bits per heavy atom. The van der Waals surface area contributed by atoms with Crippen molar-refractivity contribution < 1.29 is 79.9 Å². The van der Waals surface area contributed by atoms with Gasteiger partial charge in [0.25, 0.3) is 0 Å². The van der Waals surface area contributed by atoms with E-state index in [9.17, 15) is 75.4 Å². The number of sulfonamides is 1. The maximum absolute atomic E-state index is 13.8. The van der Waals surface area contributed by atoms with Crippen molar-refractivity contribution in [3.8, 4) is 0 Å². The van der Waals surface area contributed by atoms with Gasteiger partial charge in [0.2, 0.25) is 10.0 Å². The van der Waals surface area contributed by atoms with E-state index in [1.807, 2.05) is 0 Å². The van der Waals surface area contributed by atoms with Gasteiger partial charge in [-0.1, -0.05) is 0 Å². The van der Waals surface area contributed by atoms with E-state index in [2.05, 4.69) is 0 Å². The molecule has 0 aliphatic carbocycles. The lowest BCUT2D eigenvalue weighted by Crippen LogP contribution is -2.70. The van der Waals surface area contributed by atoms with Gasteiger partial charge in [-0.15, -0.1) is 0 Å². The molecule has 0 bridgehead atoms. The maximum Gasteiger partial charge on any atom is 0.460 e. The Labute approximate surface area is 202 Å². The summed E-state index contributed by atoms with van der Waals surface area (Å²) in [6, 6.07) is 0. The molecule has 0 amide bonds. The number of aliphatic carboxylic acids is 1. The summed E-state index contributed by atoms with van der Waals surface area (Å²) in [5.41, 5.74) is 0. The van der Waals surface area contributed by atoms with Crippen molar-refractivity contribution >= 4 is 16.0 Å². The fourth-order valence-electron chi connectivity index (χ4n) is 2.74. The van der Waals surface area contributed by atoms with Gasteiger partial charge in [0, 0.05) is 38.8 Å². The van der Waals surface area contributed by atoms with Crippen LogP contribution in [-0.2, 0) is 14.8 Å². The molecule has 0 N–H and O–H groups in total. The molecule has 0 aliphatic heterocycles. The molecule has 0 unspecified atom stereocenters. The number of carboxylic acids is 1. The molecule has 0 saturated carbocycles. The lowest BCUT2D eigenvalue weighted by molar-refractivity contribution is -0.890. The number of hydrogen-bond acceptors (Lipinski definition) is 4. The summed E-state index contributed by atoms with van der Waals surface area (Å²) in [7, 11) is -1.19. The standard InChI is InChI=1S/C17H23F13N2O4S/c1-31(7-4-8-32(2,3)9-5-11(33)34)37(35,36)10-6-12(18,19)13(20,21)14(22,23)15(24,25)16(26,27)17(28,29)30/h4-10H2,1-3H3. The maximum atomic E-state index is 13.8. The number of quaternary nitrogens is 1. The molecule has 0 aliphatic rings. The van der Waals surface area contributed by atoms with Gasteiger partial charge in [-0.2, -0.15) is 57.1 Å². The average molecular weight is 598 g/mol. The van der Waals surface area contributed by atoms with Crippen LogP contribution in [0.1, 0.15) is 19.3 Å². The van der Waals surface area contributed by atoms with E-state index in [4.69, 9.17) is 0 Å². The van der Waals surface area contributed by atoms with Crippen molar-refractivity contribution in [1.82, 2.24) is 4.31 Å². The van der Waals surface area contributed by atoms with E-state index >= 15 is 0 Å². The Morgan fingerprint density at radius 1 is 0.784 bits per heavy atom. The van der Waals surface area contributed by atoms with Gasteiger partial charge in [-0.05, 0) is 0 Å². The van der Waals surface area contributed by atoms with Crippen molar-refractivity contribution in [1.29, 1.82) is 0 Å². The van der Waals surface area contributed by atoms with Crippen molar-refractivity contribution in [3.63, 3.8) is 0 Å². The number of carboxylic acid groups (broad SMARTS) is 1. The number of carbonyl (C=O) groups is 1. The highest BCUT2D eigenvalue weighted by molar-refractivity contribution is 7.89. The van der Waals surface area contributed by atoms with Crippen molar-refractivity contribution in [2.24, 2.45) is 0 Å². The first-order chi connectivity index (χ1) is 16.0. The number of alkyl halides is 13. The third kappa shape index (κ3) is 7.51. The van der Waals surface area contributed by atoms with Gasteiger partial charge >= 0.3 is 35.8 Å². The lowest BCUT2D eigenvalue weighted by atomic mass is 9.93. The Hall–Kier alpha value is -1.57. The molecule has 0 spiro atoms. The van der Waals surface area contributed by atoms with Crippen molar-refractivity contribution in [2.75, 3.05) is 46.5 Å². The first-order valence-corrected chi connectivity index (χ1v) is 11.5. The van der Waals surface area contributed by atoms with Crippen LogP contribution in [-0.4, -0.2) is 105 Å². The molecular formula is C17H23F13N2O4S. The summed E-state index contributed by atoms with van der Waals surface area (Å²) in [5.74, 6) is -41.4. The molecule has 0 saturated heterocycles. The van der Waals surface area contributed by atoms with Gasteiger partial charge in [0.15, 0.2) is 0 Å². The normalized spacial score (nSPS) is 15.4. The molecule has 0 rings (SSSR count). The van der Waals surface area contributed by atoms with Crippen molar-refractivity contribution in [2.45, 2.75) is 55.1 Å². The number of hydrogen-bond donors (Lipinski definition) is 0. The molecule has 0 aromatic rings. The summed E-state index contributed by atoms with van der Waals surface area (Å²) >= 11 is 0. The van der Waals surface area contributed by atoms with Crippen LogP contribution in [0.2, 0.25) is 0 Å². The Kier molecular flexibility index (Phi) is 10.4. The fraction of sp³-hybridized carbons (Fsp3) is 0.941. The highest BCUT2D eigenvalue weighted by Gasteiger charge is 2.90. The van der Waals surface area contributed by atoms with Crippen LogP contribution in [0.3, 0.4) is 0 Å². The fourth-order valence-corrected chi connectivity index (χ4v) is 3.97. The van der Waals surface area contributed by atoms with Crippen LogP contribution in [0.25, 0.3) is 0 Å². The minimum Gasteiger partial charge on any atom is -0.550 e. The second-order valence-corrected chi connectivity index (χ2v) is 10.9. The molecule has 0 atom stereocenters. The second kappa shape index (κ2) is 10.9. The quantitative estimate of drug-likeness (QED) is 0.215. The summed E-state index contributed by atoms with van der Waals surface area (Å²) in [5, 5.41) is 10.5. The molecule has 0 aromatic heterocycles. The summed E-state index contributed by atoms with van der Waals surface area (Å²) in [4.78, 5) is 10.5. The zero-order chi connectivity index (χ0) is 30.1. The van der Waals surface area contributed by atoms with Crippen LogP contribution in [0.4, 0.5) is 57.1 Å². The predicted octanol–water partition coefficient (Wildman–Crippen LogP) is 2.98. The first kappa shape index (κ1) is 35.4. The zero-order valence-corrected chi connectivity index (χ0v) is 20.1. The van der Waals surface area contributed by atoms with E-state index in [0.717, 1.165) is 7.05 Å². The Morgan fingerprint density at radius 2 is 1.22 bits per heavy atom. The van der Waals surface area contributed by atoms with Crippen LogP contribution in [0.5, 0.6) is 0 Å². The Balaban J connectivity index is 5.56.